The monoisotopic (exact) mass is 219 g/mol. The van der Waals surface area contributed by atoms with E-state index in [1.165, 1.54) is 0 Å². The SMILES string of the molecule is O=C1OC2(CCN1c1cccc(O)c1)CC2. The lowest BCUT2D eigenvalue weighted by Crippen LogP contribution is -2.43. The maximum atomic E-state index is 11.8. The summed E-state index contributed by atoms with van der Waals surface area (Å²) < 4.78 is 5.40. The molecule has 1 aromatic rings. The van der Waals surface area contributed by atoms with Crippen molar-refractivity contribution >= 4 is 11.8 Å². The van der Waals surface area contributed by atoms with Crippen LogP contribution in [0, 0.1) is 0 Å². The van der Waals surface area contributed by atoms with E-state index >= 15 is 0 Å². The summed E-state index contributed by atoms with van der Waals surface area (Å²) in [7, 11) is 0. The van der Waals surface area contributed by atoms with Gasteiger partial charge in [0.15, 0.2) is 0 Å². The Morgan fingerprint density at radius 1 is 1.31 bits per heavy atom. The summed E-state index contributed by atoms with van der Waals surface area (Å²) in [6.07, 6.45) is 2.57. The predicted octanol–water partition coefficient (Wildman–Crippen LogP) is 2.27. The minimum absolute atomic E-state index is 0.148. The molecule has 1 spiro atoms. The normalized spacial score (nSPS) is 22.0. The largest absolute Gasteiger partial charge is 0.508 e. The van der Waals surface area contributed by atoms with Crippen LogP contribution in [0.25, 0.3) is 0 Å². The Labute approximate surface area is 93.4 Å². The third-order valence-corrected chi connectivity index (χ3v) is 3.26. The second-order valence-corrected chi connectivity index (χ2v) is 4.47. The Hall–Kier alpha value is -1.71. The van der Waals surface area contributed by atoms with Gasteiger partial charge in [-0.2, -0.15) is 0 Å². The summed E-state index contributed by atoms with van der Waals surface area (Å²) >= 11 is 0. The lowest BCUT2D eigenvalue weighted by Gasteiger charge is -2.31. The first-order valence-electron chi connectivity index (χ1n) is 5.48. The lowest BCUT2D eigenvalue weighted by atomic mass is 10.2. The van der Waals surface area contributed by atoms with Gasteiger partial charge < -0.3 is 9.84 Å². The highest BCUT2D eigenvalue weighted by Crippen LogP contribution is 2.46. The number of aromatic hydroxyl groups is 1. The van der Waals surface area contributed by atoms with Crippen molar-refractivity contribution in [2.75, 3.05) is 11.4 Å². The molecule has 0 unspecified atom stereocenters. The number of phenols is 1. The van der Waals surface area contributed by atoms with Gasteiger partial charge in [-0.1, -0.05) is 6.07 Å². The van der Waals surface area contributed by atoms with Crippen molar-refractivity contribution in [3.63, 3.8) is 0 Å². The number of carbonyl (C=O) groups is 1. The highest BCUT2D eigenvalue weighted by atomic mass is 16.6. The summed E-state index contributed by atoms with van der Waals surface area (Å²) in [6, 6.07) is 6.68. The van der Waals surface area contributed by atoms with Crippen LogP contribution in [-0.2, 0) is 4.74 Å². The first kappa shape index (κ1) is 9.51. The fourth-order valence-corrected chi connectivity index (χ4v) is 2.09. The van der Waals surface area contributed by atoms with Crippen LogP contribution in [0.2, 0.25) is 0 Å². The molecule has 1 aromatic carbocycles. The Morgan fingerprint density at radius 3 is 2.75 bits per heavy atom. The molecule has 1 N–H and O–H groups in total. The molecule has 0 aromatic heterocycles. The minimum Gasteiger partial charge on any atom is -0.508 e. The average Bonchev–Trinajstić information content (AvgIpc) is 2.98. The third-order valence-electron chi connectivity index (χ3n) is 3.26. The van der Waals surface area contributed by atoms with Crippen LogP contribution in [0.15, 0.2) is 24.3 Å². The number of hydrogen-bond acceptors (Lipinski definition) is 3. The maximum absolute atomic E-state index is 11.8. The van der Waals surface area contributed by atoms with Crippen molar-refractivity contribution in [3.8, 4) is 5.75 Å². The zero-order chi connectivity index (χ0) is 11.2. The van der Waals surface area contributed by atoms with E-state index in [1.54, 1.807) is 29.2 Å². The first-order valence-corrected chi connectivity index (χ1v) is 5.48. The lowest BCUT2D eigenvalue weighted by molar-refractivity contribution is 0.0683. The molecule has 1 amide bonds. The number of benzene rings is 1. The Kier molecular flexibility index (Phi) is 1.87. The van der Waals surface area contributed by atoms with Crippen LogP contribution in [-0.4, -0.2) is 23.3 Å². The Balaban J connectivity index is 1.83. The summed E-state index contributed by atoms with van der Waals surface area (Å²) in [6.45, 7) is 0.669. The summed E-state index contributed by atoms with van der Waals surface area (Å²) in [5.74, 6) is 0.164. The van der Waals surface area contributed by atoms with Gasteiger partial charge in [-0.05, 0) is 25.0 Å². The van der Waals surface area contributed by atoms with Gasteiger partial charge in [0.25, 0.3) is 0 Å². The van der Waals surface area contributed by atoms with E-state index in [2.05, 4.69) is 0 Å². The quantitative estimate of drug-likeness (QED) is 0.788. The molecule has 0 bridgehead atoms. The highest BCUT2D eigenvalue weighted by molar-refractivity contribution is 5.89. The van der Waals surface area contributed by atoms with E-state index in [-0.39, 0.29) is 17.4 Å². The number of hydrogen-bond donors (Lipinski definition) is 1. The molecule has 2 fully saturated rings. The fourth-order valence-electron chi connectivity index (χ4n) is 2.09. The molecule has 2 aliphatic rings. The van der Waals surface area contributed by atoms with Crippen LogP contribution in [0.1, 0.15) is 19.3 Å². The van der Waals surface area contributed by atoms with Crippen molar-refractivity contribution < 1.29 is 14.6 Å². The third kappa shape index (κ3) is 1.50. The molecule has 16 heavy (non-hydrogen) atoms. The van der Waals surface area contributed by atoms with E-state index in [9.17, 15) is 9.90 Å². The average molecular weight is 219 g/mol. The van der Waals surface area contributed by atoms with E-state index in [1.807, 2.05) is 0 Å². The molecule has 1 saturated carbocycles. The molecule has 1 heterocycles. The van der Waals surface area contributed by atoms with Gasteiger partial charge in [-0.15, -0.1) is 0 Å². The van der Waals surface area contributed by atoms with E-state index < -0.39 is 0 Å². The van der Waals surface area contributed by atoms with Crippen LogP contribution >= 0.6 is 0 Å². The van der Waals surface area contributed by atoms with E-state index in [0.717, 1.165) is 19.3 Å². The van der Waals surface area contributed by atoms with Crippen molar-refractivity contribution in [2.45, 2.75) is 24.9 Å². The molecule has 0 atom stereocenters. The van der Waals surface area contributed by atoms with Gasteiger partial charge in [0.2, 0.25) is 0 Å². The second-order valence-electron chi connectivity index (χ2n) is 4.47. The smallest absolute Gasteiger partial charge is 0.414 e. The molecular weight excluding hydrogens is 206 g/mol. The predicted molar refractivity (Wildman–Crippen MR) is 58.5 cm³/mol. The summed E-state index contributed by atoms with van der Waals surface area (Å²) in [5.41, 5.74) is 0.547. The number of phenolic OH excluding ortho intramolecular Hbond substituents is 1. The van der Waals surface area contributed by atoms with Crippen LogP contribution in [0.3, 0.4) is 0 Å². The standard InChI is InChI=1S/C12H13NO3/c14-10-3-1-2-9(8-10)13-7-6-12(4-5-12)16-11(13)15/h1-3,8,14H,4-7H2. The number of amides is 1. The van der Waals surface area contributed by atoms with Gasteiger partial charge in [0, 0.05) is 19.0 Å². The zero-order valence-corrected chi connectivity index (χ0v) is 8.85. The van der Waals surface area contributed by atoms with E-state index in [0.29, 0.717) is 12.2 Å². The Morgan fingerprint density at radius 2 is 2.12 bits per heavy atom. The highest BCUT2D eigenvalue weighted by Gasteiger charge is 2.50. The zero-order valence-electron chi connectivity index (χ0n) is 8.85. The van der Waals surface area contributed by atoms with Crippen LogP contribution in [0.4, 0.5) is 10.5 Å². The molecule has 84 valence electrons. The van der Waals surface area contributed by atoms with Gasteiger partial charge >= 0.3 is 6.09 Å². The number of ether oxygens (including phenoxy) is 1. The van der Waals surface area contributed by atoms with Crippen molar-refractivity contribution in [3.05, 3.63) is 24.3 Å². The first-order chi connectivity index (χ1) is 7.69. The van der Waals surface area contributed by atoms with Gasteiger partial charge in [-0.25, -0.2) is 4.79 Å². The Bertz CT molecular complexity index is 440. The number of carbonyl (C=O) groups excluding carboxylic acids is 1. The molecule has 1 saturated heterocycles. The fraction of sp³-hybridized carbons (Fsp3) is 0.417. The molecule has 1 aliphatic heterocycles. The molecule has 1 aliphatic carbocycles. The van der Waals surface area contributed by atoms with Gasteiger partial charge in [0.1, 0.15) is 11.4 Å². The van der Waals surface area contributed by atoms with Crippen molar-refractivity contribution in [1.29, 1.82) is 0 Å². The van der Waals surface area contributed by atoms with Crippen molar-refractivity contribution in [2.24, 2.45) is 0 Å². The molecule has 0 radical (unpaired) electrons. The second kappa shape index (κ2) is 3.14. The summed E-state index contributed by atoms with van der Waals surface area (Å²) in [4.78, 5) is 13.4. The molecule has 3 rings (SSSR count). The maximum Gasteiger partial charge on any atom is 0.414 e. The minimum atomic E-state index is -0.297. The molecular formula is C12H13NO3. The van der Waals surface area contributed by atoms with Crippen LogP contribution in [0.5, 0.6) is 5.75 Å². The number of rotatable bonds is 1. The number of nitrogens with zero attached hydrogens (tertiary/aromatic N) is 1. The molecule has 4 nitrogen and oxygen atoms in total. The van der Waals surface area contributed by atoms with Gasteiger partial charge in [0.05, 0.1) is 5.69 Å². The van der Waals surface area contributed by atoms with E-state index in [4.69, 9.17) is 4.74 Å². The topological polar surface area (TPSA) is 49.8 Å². The summed E-state index contributed by atoms with van der Waals surface area (Å²) in [5, 5.41) is 9.37. The van der Waals surface area contributed by atoms with Crippen LogP contribution < -0.4 is 4.90 Å². The van der Waals surface area contributed by atoms with Crippen molar-refractivity contribution in [1.82, 2.24) is 0 Å². The molecule has 4 heteroatoms. The number of anilines is 1. The van der Waals surface area contributed by atoms with Gasteiger partial charge in [-0.3, -0.25) is 4.90 Å².